The molecule has 2 atom stereocenters. The standard InChI is InChI=1S/C28H37N3O6/c1-18-13-19(2)15-21(14-18)24(25(33)29-17-23(32)36-7)31(6)26(34)22(16-20-11-9-8-10-12-20)30-27(35)37-28(3,4)5/h8-15,22,24H,16-17H2,1-7H3,(H,29,33)(H,30,35). The van der Waals surface area contributed by atoms with E-state index in [-0.39, 0.29) is 13.0 Å². The maximum Gasteiger partial charge on any atom is 0.408 e. The molecule has 200 valence electrons. The Morgan fingerprint density at radius 1 is 0.973 bits per heavy atom. The number of alkyl carbamates (subject to hydrolysis) is 1. The number of rotatable bonds is 9. The summed E-state index contributed by atoms with van der Waals surface area (Å²) < 4.78 is 10.0. The van der Waals surface area contributed by atoms with Gasteiger partial charge in [0.1, 0.15) is 24.2 Å². The molecule has 2 N–H and O–H groups in total. The highest BCUT2D eigenvalue weighted by Crippen LogP contribution is 2.24. The second kappa shape index (κ2) is 12.9. The van der Waals surface area contributed by atoms with Crippen LogP contribution in [0.1, 0.15) is 49.1 Å². The van der Waals surface area contributed by atoms with Crippen LogP contribution in [0, 0.1) is 13.8 Å². The summed E-state index contributed by atoms with van der Waals surface area (Å²) >= 11 is 0. The van der Waals surface area contributed by atoms with Crippen molar-refractivity contribution >= 4 is 23.9 Å². The van der Waals surface area contributed by atoms with Gasteiger partial charge in [-0.05, 0) is 45.7 Å². The highest BCUT2D eigenvalue weighted by atomic mass is 16.6. The number of likely N-dealkylation sites (N-methyl/N-ethyl adjacent to an activating group) is 1. The first-order valence-electron chi connectivity index (χ1n) is 12.0. The Morgan fingerprint density at radius 3 is 2.11 bits per heavy atom. The largest absolute Gasteiger partial charge is 0.468 e. The van der Waals surface area contributed by atoms with Gasteiger partial charge in [0.2, 0.25) is 11.8 Å². The molecular formula is C28H37N3O6. The number of hydrogen-bond acceptors (Lipinski definition) is 6. The summed E-state index contributed by atoms with van der Waals surface area (Å²) in [6.45, 7) is 8.63. The van der Waals surface area contributed by atoms with E-state index in [2.05, 4.69) is 15.4 Å². The molecule has 0 saturated carbocycles. The number of carbonyl (C=O) groups excluding carboxylic acids is 4. The molecule has 0 radical (unpaired) electrons. The molecule has 0 aliphatic carbocycles. The molecule has 0 aromatic heterocycles. The van der Waals surface area contributed by atoms with Crippen LogP contribution in [0.3, 0.4) is 0 Å². The number of carbonyl (C=O) groups is 4. The van der Waals surface area contributed by atoms with Gasteiger partial charge in [0.25, 0.3) is 0 Å². The average Bonchev–Trinajstić information content (AvgIpc) is 2.80. The molecule has 0 saturated heterocycles. The molecule has 0 aliphatic rings. The third-order valence-electron chi connectivity index (χ3n) is 5.45. The van der Waals surface area contributed by atoms with Crippen molar-refractivity contribution in [3.05, 3.63) is 70.8 Å². The number of hydrogen-bond donors (Lipinski definition) is 2. The third-order valence-corrected chi connectivity index (χ3v) is 5.45. The van der Waals surface area contributed by atoms with Crippen LogP contribution in [0.15, 0.2) is 48.5 Å². The number of benzene rings is 2. The predicted octanol–water partition coefficient (Wildman–Crippen LogP) is 3.23. The predicted molar refractivity (Wildman–Crippen MR) is 140 cm³/mol. The first-order chi connectivity index (χ1) is 17.3. The maximum absolute atomic E-state index is 13.8. The molecule has 0 bridgehead atoms. The van der Waals surface area contributed by atoms with Gasteiger partial charge >= 0.3 is 12.1 Å². The van der Waals surface area contributed by atoms with Gasteiger partial charge in [0.15, 0.2) is 0 Å². The zero-order valence-corrected chi connectivity index (χ0v) is 22.6. The van der Waals surface area contributed by atoms with Gasteiger partial charge < -0.3 is 25.0 Å². The van der Waals surface area contributed by atoms with Crippen LogP contribution in [0.2, 0.25) is 0 Å². The molecule has 0 spiro atoms. The van der Waals surface area contributed by atoms with Gasteiger partial charge in [0, 0.05) is 13.5 Å². The van der Waals surface area contributed by atoms with Gasteiger partial charge in [-0.25, -0.2) is 4.79 Å². The van der Waals surface area contributed by atoms with E-state index in [9.17, 15) is 19.2 Å². The van der Waals surface area contributed by atoms with E-state index < -0.39 is 41.6 Å². The van der Waals surface area contributed by atoms with Crippen molar-refractivity contribution in [3.63, 3.8) is 0 Å². The third kappa shape index (κ3) is 9.25. The van der Waals surface area contributed by atoms with Gasteiger partial charge in [-0.15, -0.1) is 0 Å². The van der Waals surface area contributed by atoms with Crippen molar-refractivity contribution in [2.45, 2.75) is 58.7 Å². The van der Waals surface area contributed by atoms with E-state index >= 15 is 0 Å². The quantitative estimate of drug-likeness (QED) is 0.500. The molecular weight excluding hydrogens is 474 g/mol. The van der Waals surface area contributed by atoms with Crippen molar-refractivity contribution < 1.29 is 28.7 Å². The Bertz CT molecular complexity index is 1090. The summed E-state index contributed by atoms with van der Waals surface area (Å²) in [6, 6.07) is 12.7. The van der Waals surface area contributed by atoms with Crippen molar-refractivity contribution in [1.82, 2.24) is 15.5 Å². The highest BCUT2D eigenvalue weighted by Gasteiger charge is 2.34. The molecule has 37 heavy (non-hydrogen) atoms. The van der Waals surface area contributed by atoms with Crippen LogP contribution in [0.5, 0.6) is 0 Å². The second-order valence-corrected chi connectivity index (χ2v) is 9.96. The van der Waals surface area contributed by atoms with Gasteiger partial charge in [-0.1, -0.05) is 59.7 Å². The number of nitrogens with one attached hydrogen (secondary N) is 2. The van der Waals surface area contributed by atoms with Crippen molar-refractivity contribution in [3.8, 4) is 0 Å². The van der Waals surface area contributed by atoms with E-state index in [0.29, 0.717) is 5.56 Å². The summed E-state index contributed by atoms with van der Waals surface area (Å²) in [7, 11) is 2.72. The SMILES string of the molecule is COC(=O)CNC(=O)C(c1cc(C)cc(C)c1)N(C)C(=O)C(Cc1ccccc1)NC(=O)OC(C)(C)C. The second-order valence-electron chi connectivity index (χ2n) is 9.96. The zero-order valence-electron chi connectivity index (χ0n) is 22.6. The zero-order chi connectivity index (χ0) is 27.8. The van der Waals surface area contributed by atoms with Gasteiger partial charge in [-0.3, -0.25) is 14.4 Å². The Balaban J connectivity index is 2.43. The monoisotopic (exact) mass is 511 g/mol. The van der Waals surface area contributed by atoms with Crippen LogP contribution in [-0.4, -0.2) is 61.1 Å². The number of ether oxygens (including phenoxy) is 2. The lowest BCUT2D eigenvalue weighted by Gasteiger charge is -2.32. The Hall–Kier alpha value is -3.88. The molecule has 2 unspecified atom stereocenters. The molecule has 0 heterocycles. The molecule has 9 nitrogen and oxygen atoms in total. The van der Waals surface area contributed by atoms with E-state index in [1.165, 1.54) is 19.1 Å². The number of aryl methyl sites for hydroxylation is 2. The van der Waals surface area contributed by atoms with E-state index in [4.69, 9.17) is 4.74 Å². The van der Waals surface area contributed by atoms with Crippen LogP contribution >= 0.6 is 0 Å². The fraction of sp³-hybridized carbons (Fsp3) is 0.429. The molecule has 2 rings (SSSR count). The molecule has 9 heteroatoms. The first-order valence-corrected chi connectivity index (χ1v) is 12.0. The summed E-state index contributed by atoms with van der Waals surface area (Å²) in [5.41, 5.74) is 2.46. The van der Waals surface area contributed by atoms with Crippen molar-refractivity contribution in [1.29, 1.82) is 0 Å². The highest BCUT2D eigenvalue weighted by molar-refractivity contribution is 5.93. The summed E-state index contributed by atoms with van der Waals surface area (Å²) in [5, 5.41) is 5.22. The lowest BCUT2D eigenvalue weighted by Crippen LogP contribution is -2.52. The smallest absolute Gasteiger partial charge is 0.408 e. The molecule has 2 aromatic carbocycles. The minimum absolute atomic E-state index is 0.187. The number of methoxy groups -OCH3 is 1. The number of nitrogens with zero attached hydrogens (tertiary/aromatic N) is 1. The van der Waals surface area contributed by atoms with E-state index in [1.54, 1.807) is 20.8 Å². The fourth-order valence-corrected chi connectivity index (χ4v) is 3.92. The van der Waals surface area contributed by atoms with Crippen molar-refractivity contribution in [2.75, 3.05) is 20.7 Å². The minimum atomic E-state index is -1.06. The van der Waals surface area contributed by atoms with E-state index in [1.807, 2.05) is 62.4 Å². The van der Waals surface area contributed by atoms with E-state index in [0.717, 1.165) is 16.7 Å². The van der Waals surface area contributed by atoms with Crippen LogP contribution in [0.4, 0.5) is 4.79 Å². The Kier molecular flexibility index (Phi) is 10.2. The normalized spacial score (nSPS) is 12.6. The first kappa shape index (κ1) is 29.4. The lowest BCUT2D eigenvalue weighted by atomic mass is 9.98. The van der Waals surface area contributed by atoms with Gasteiger partial charge in [0.05, 0.1) is 7.11 Å². The van der Waals surface area contributed by atoms with Crippen LogP contribution in [-0.2, 0) is 30.3 Å². The fourth-order valence-electron chi connectivity index (χ4n) is 3.92. The Labute approximate surface area is 218 Å². The molecule has 3 amide bonds. The van der Waals surface area contributed by atoms with Crippen molar-refractivity contribution in [2.24, 2.45) is 0 Å². The Morgan fingerprint density at radius 2 is 1.57 bits per heavy atom. The average molecular weight is 512 g/mol. The topological polar surface area (TPSA) is 114 Å². The lowest BCUT2D eigenvalue weighted by molar-refractivity contribution is -0.143. The maximum atomic E-state index is 13.8. The summed E-state index contributed by atoms with van der Waals surface area (Å²) in [5.74, 6) is -1.66. The minimum Gasteiger partial charge on any atom is -0.468 e. The molecule has 0 aliphatic heterocycles. The molecule has 2 aromatic rings. The van der Waals surface area contributed by atoms with Gasteiger partial charge in [-0.2, -0.15) is 0 Å². The summed E-state index contributed by atoms with van der Waals surface area (Å²) in [4.78, 5) is 52.7. The summed E-state index contributed by atoms with van der Waals surface area (Å²) in [6.07, 6.45) is -0.555. The number of amides is 3. The number of esters is 1. The van der Waals surface area contributed by atoms with Crippen LogP contribution in [0.25, 0.3) is 0 Å². The van der Waals surface area contributed by atoms with Crippen LogP contribution < -0.4 is 10.6 Å². The molecule has 0 fully saturated rings.